The molecule has 0 radical (unpaired) electrons. The van der Waals surface area contributed by atoms with Crippen LogP contribution in [0.5, 0.6) is 11.5 Å². The van der Waals surface area contributed by atoms with Gasteiger partial charge in [-0.2, -0.15) is 0 Å². The number of ether oxygens (including phenoxy) is 1. The molecule has 2 heterocycles. The van der Waals surface area contributed by atoms with Crippen LogP contribution in [0.4, 0.5) is 51.2 Å². The first-order valence-corrected chi connectivity index (χ1v) is 20.1. The molecule has 0 aromatic heterocycles. The van der Waals surface area contributed by atoms with E-state index in [4.69, 9.17) is 4.74 Å². The van der Waals surface area contributed by atoms with Crippen LogP contribution >= 0.6 is 0 Å². The number of nitrogens with zero attached hydrogens (tertiary/aromatic N) is 3. The summed E-state index contributed by atoms with van der Waals surface area (Å²) in [5.74, 6) is 1.72. The van der Waals surface area contributed by atoms with Crippen molar-refractivity contribution in [3.05, 3.63) is 231 Å². The van der Waals surface area contributed by atoms with E-state index < -0.39 is 0 Å². The third-order valence-corrected chi connectivity index (χ3v) is 11.4. The van der Waals surface area contributed by atoms with Crippen molar-refractivity contribution in [2.24, 2.45) is 0 Å². The maximum atomic E-state index is 7.16. The van der Waals surface area contributed by atoms with Crippen LogP contribution in [-0.2, 0) is 0 Å². The molecular weight excluding hydrogens is 717 g/mol. The van der Waals surface area contributed by atoms with Gasteiger partial charge in [-0.15, -0.1) is 0 Å². The molecule has 2 aliphatic heterocycles. The maximum Gasteiger partial charge on any atom is 0.256 e. The Kier molecular flexibility index (Phi) is 8.56. The molecule has 5 heteroatoms. The Morgan fingerprint density at radius 1 is 0.339 bits per heavy atom. The van der Waals surface area contributed by atoms with E-state index in [-0.39, 0.29) is 6.71 Å². The van der Waals surface area contributed by atoms with Gasteiger partial charge < -0.3 is 19.4 Å². The summed E-state index contributed by atoms with van der Waals surface area (Å²) in [5.41, 5.74) is 15.6. The van der Waals surface area contributed by atoms with Gasteiger partial charge in [0.15, 0.2) is 0 Å². The lowest BCUT2D eigenvalue weighted by molar-refractivity contribution is 0.488. The lowest BCUT2D eigenvalue weighted by Gasteiger charge is -2.41. The monoisotopic (exact) mass is 755 g/mol. The Labute approximate surface area is 345 Å². The number of fused-ring (bicyclic) bond motifs is 4. The molecule has 0 spiro atoms. The molecule has 0 saturated heterocycles. The van der Waals surface area contributed by atoms with Gasteiger partial charge >= 0.3 is 0 Å². The lowest BCUT2D eigenvalue weighted by atomic mass is 9.34. The summed E-state index contributed by atoms with van der Waals surface area (Å²) in [6, 6.07) is 82.1. The average molecular weight is 756 g/mol. The van der Waals surface area contributed by atoms with Crippen molar-refractivity contribution in [1.29, 1.82) is 0 Å². The van der Waals surface area contributed by atoms with Crippen molar-refractivity contribution in [3.63, 3.8) is 0 Å². The highest BCUT2D eigenvalue weighted by Gasteiger charge is 2.42. The Bertz CT molecular complexity index is 2830. The highest BCUT2D eigenvalue weighted by molar-refractivity contribution is 6.99. The van der Waals surface area contributed by atoms with Gasteiger partial charge in [0.2, 0.25) is 0 Å². The first-order chi connectivity index (χ1) is 29.3. The van der Waals surface area contributed by atoms with Gasteiger partial charge in [-0.3, -0.25) is 0 Å². The second-order valence-electron chi connectivity index (χ2n) is 15.0. The minimum absolute atomic E-state index is 0.0737. The van der Waals surface area contributed by atoms with E-state index in [9.17, 15) is 0 Å². The molecule has 4 nitrogen and oxygen atoms in total. The van der Waals surface area contributed by atoms with Crippen LogP contribution < -0.4 is 35.8 Å². The molecule has 59 heavy (non-hydrogen) atoms. The van der Waals surface area contributed by atoms with Crippen molar-refractivity contribution < 1.29 is 4.74 Å². The number of rotatable bonds is 8. The van der Waals surface area contributed by atoms with Crippen LogP contribution in [0.15, 0.2) is 231 Å². The maximum absolute atomic E-state index is 7.16. The molecule has 11 rings (SSSR count). The van der Waals surface area contributed by atoms with E-state index in [1.54, 1.807) is 0 Å². The van der Waals surface area contributed by atoms with E-state index in [1.165, 1.54) is 10.9 Å². The summed E-state index contributed by atoms with van der Waals surface area (Å²) < 4.78 is 7.16. The van der Waals surface area contributed by atoms with Gasteiger partial charge in [0.25, 0.3) is 6.71 Å². The molecule has 2 aliphatic rings. The molecule has 0 N–H and O–H groups in total. The Hall–Kier alpha value is -7.76. The summed E-state index contributed by atoms with van der Waals surface area (Å²) in [5, 5.41) is 0. The molecule has 9 aromatic carbocycles. The molecule has 0 bridgehead atoms. The summed E-state index contributed by atoms with van der Waals surface area (Å²) in [6.07, 6.45) is 0. The zero-order chi connectivity index (χ0) is 39.1. The average Bonchev–Trinajstić information content (AvgIpc) is 3.31. The Morgan fingerprint density at radius 2 is 0.797 bits per heavy atom. The fourth-order valence-corrected chi connectivity index (χ4v) is 8.85. The molecule has 278 valence electrons. The quantitative estimate of drug-likeness (QED) is 0.144. The highest BCUT2D eigenvalue weighted by atomic mass is 16.5. The second-order valence-corrected chi connectivity index (χ2v) is 15.0. The summed E-state index contributed by atoms with van der Waals surface area (Å²) >= 11 is 0. The van der Waals surface area contributed by atoms with Crippen LogP contribution in [0.2, 0.25) is 0 Å². The highest BCUT2D eigenvalue weighted by Crippen LogP contribution is 2.46. The number of hydrogen-bond acceptors (Lipinski definition) is 4. The molecule has 0 amide bonds. The largest absolute Gasteiger partial charge is 0.458 e. The van der Waals surface area contributed by atoms with Crippen molar-refractivity contribution in [3.8, 4) is 22.6 Å². The van der Waals surface area contributed by atoms with Gasteiger partial charge in [-0.25, -0.2) is 0 Å². The summed E-state index contributed by atoms with van der Waals surface area (Å²) in [4.78, 5) is 7.08. The van der Waals surface area contributed by atoms with Crippen molar-refractivity contribution in [2.75, 3.05) is 14.7 Å². The van der Waals surface area contributed by atoms with Crippen molar-refractivity contribution >= 4 is 74.3 Å². The van der Waals surface area contributed by atoms with E-state index >= 15 is 0 Å². The van der Waals surface area contributed by atoms with Gasteiger partial charge in [-0.05, 0) is 119 Å². The lowest BCUT2D eigenvalue weighted by Crippen LogP contribution is -2.59. The first-order valence-electron chi connectivity index (χ1n) is 20.1. The second kappa shape index (κ2) is 14.6. The summed E-state index contributed by atoms with van der Waals surface area (Å²) in [6.45, 7) is -0.0737. The molecular formula is C54H38BN3O. The SMILES string of the molecule is c1ccc(-c2cc3c4c(c2)N(c2ccccc2)c2cc(N(c5ccccc5)c5ccccc5)ccc2B4c2ccc(N(c4ccccc4)c4ccccc4)cc2O3)cc1. The number of anilines is 9. The van der Waals surface area contributed by atoms with Crippen LogP contribution in [0, 0.1) is 0 Å². The predicted octanol–water partition coefficient (Wildman–Crippen LogP) is 12.7. The number of benzene rings is 9. The molecule has 0 fully saturated rings. The third kappa shape index (κ3) is 6.12. The predicted molar refractivity (Wildman–Crippen MR) is 247 cm³/mol. The normalized spacial score (nSPS) is 12.1. The number of para-hydroxylation sites is 5. The van der Waals surface area contributed by atoms with Crippen molar-refractivity contribution in [1.82, 2.24) is 0 Å². The smallest absolute Gasteiger partial charge is 0.256 e. The molecule has 0 aliphatic carbocycles. The fourth-order valence-electron chi connectivity index (χ4n) is 8.85. The first kappa shape index (κ1) is 34.5. The standard InChI is InChI=1S/C54H38BN3O/c1-7-19-39(20-8-1)40-35-51-54-53(36-40)59-52-38-47(57(43-25-13-4-14-26-43)44-27-15-5-16-28-44)32-34-49(52)55(54)48-33-31-46(37-50(48)58(51)45-29-17-6-18-30-45)56(41-21-9-2-10-22-41)42-23-11-3-12-24-42/h1-38H. The van der Waals surface area contributed by atoms with Crippen molar-refractivity contribution in [2.45, 2.75) is 0 Å². The van der Waals surface area contributed by atoms with E-state index in [1.807, 2.05) is 0 Å². The number of hydrogen-bond donors (Lipinski definition) is 0. The Morgan fingerprint density at radius 3 is 1.32 bits per heavy atom. The zero-order valence-electron chi connectivity index (χ0n) is 32.3. The van der Waals surface area contributed by atoms with Crippen LogP contribution in [0.25, 0.3) is 11.1 Å². The minimum atomic E-state index is -0.0737. The molecule has 0 saturated carbocycles. The van der Waals surface area contributed by atoms with Crippen LogP contribution in [0.3, 0.4) is 0 Å². The van der Waals surface area contributed by atoms with Gasteiger partial charge in [0, 0.05) is 57.3 Å². The molecule has 0 atom stereocenters. The third-order valence-electron chi connectivity index (χ3n) is 11.4. The topological polar surface area (TPSA) is 19.0 Å². The summed E-state index contributed by atoms with van der Waals surface area (Å²) in [7, 11) is 0. The minimum Gasteiger partial charge on any atom is -0.458 e. The van der Waals surface area contributed by atoms with Crippen LogP contribution in [0.1, 0.15) is 0 Å². The van der Waals surface area contributed by atoms with E-state index in [0.717, 1.165) is 79.3 Å². The molecule has 0 unspecified atom stereocenters. The zero-order valence-corrected chi connectivity index (χ0v) is 32.3. The van der Waals surface area contributed by atoms with E-state index in [0.29, 0.717) is 0 Å². The van der Waals surface area contributed by atoms with Gasteiger partial charge in [-0.1, -0.05) is 133 Å². The van der Waals surface area contributed by atoms with Crippen LogP contribution in [-0.4, -0.2) is 6.71 Å². The molecule has 9 aromatic rings. The van der Waals surface area contributed by atoms with Gasteiger partial charge in [0.1, 0.15) is 11.5 Å². The van der Waals surface area contributed by atoms with Gasteiger partial charge in [0.05, 0.1) is 0 Å². The fraction of sp³-hybridized carbons (Fsp3) is 0. The Balaban J connectivity index is 1.15. The van der Waals surface area contributed by atoms with E-state index in [2.05, 4.69) is 245 Å².